The van der Waals surface area contributed by atoms with E-state index in [9.17, 15) is 0 Å². The summed E-state index contributed by atoms with van der Waals surface area (Å²) in [6.07, 6.45) is 0. The topological polar surface area (TPSA) is 38.7 Å². The van der Waals surface area contributed by atoms with E-state index >= 15 is 0 Å². The minimum absolute atomic E-state index is 0.447. The zero-order valence-electron chi connectivity index (χ0n) is 33.5. The van der Waals surface area contributed by atoms with Gasteiger partial charge >= 0.3 is 0 Å². The second-order valence-electron chi connectivity index (χ2n) is 16.2. The van der Waals surface area contributed by atoms with Crippen molar-refractivity contribution in [2.45, 2.75) is 5.41 Å². The van der Waals surface area contributed by atoms with Crippen LogP contribution < -0.4 is 0 Å². The highest BCUT2D eigenvalue weighted by atomic mass is 32.1. The summed E-state index contributed by atoms with van der Waals surface area (Å²) in [5.74, 6) is 1.94. The summed E-state index contributed by atoms with van der Waals surface area (Å²) in [7, 11) is 0. The van der Waals surface area contributed by atoms with Gasteiger partial charge in [0.05, 0.1) is 5.41 Å². The molecule has 0 saturated carbocycles. The Hall–Kier alpha value is -7.79. The fourth-order valence-corrected chi connectivity index (χ4v) is 11.5. The van der Waals surface area contributed by atoms with E-state index in [0.29, 0.717) is 17.5 Å². The Morgan fingerprint density at radius 3 is 1.50 bits per heavy atom. The third-order valence-corrected chi connectivity index (χ3v) is 14.1. The number of aromatic nitrogens is 3. The summed E-state index contributed by atoms with van der Waals surface area (Å²) < 4.78 is 2.49. The number of fused-ring (bicyclic) bond motifs is 13. The predicted molar refractivity (Wildman–Crippen MR) is 256 cm³/mol. The van der Waals surface area contributed by atoms with Gasteiger partial charge in [-0.05, 0) is 85.0 Å². The van der Waals surface area contributed by atoms with Crippen molar-refractivity contribution in [1.82, 2.24) is 15.0 Å². The molecule has 0 fully saturated rings. The highest BCUT2D eigenvalue weighted by molar-refractivity contribution is 7.25. The molecule has 3 nitrogen and oxygen atoms in total. The van der Waals surface area contributed by atoms with E-state index in [4.69, 9.17) is 15.0 Å². The molecule has 0 bridgehead atoms. The first-order valence-electron chi connectivity index (χ1n) is 21.1. The Labute approximate surface area is 363 Å². The molecule has 62 heavy (non-hydrogen) atoms. The van der Waals surface area contributed by atoms with Crippen LogP contribution in [-0.4, -0.2) is 15.0 Å². The molecule has 0 saturated heterocycles. The van der Waals surface area contributed by atoms with E-state index in [1.165, 1.54) is 75.8 Å². The molecular weight excluding hydrogens is 771 g/mol. The molecule has 2 heterocycles. The highest BCUT2D eigenvalue weighted by Gasteiger charge is 2.52. The van der Waals surface area contributed by atoms with E-state index in [1.807, 2.05) is 18.2 Å². The molecule has 0 unspecified atom stereocenters. The molecule has 13 rings (SSSR count). The average Bonchev–Trinajstić information content (AvgIpc) is 3.98. The predicted octanol–water partition coefficient (Wildman–Crippen LogP) is 14.9. The highest BCUT2D eigenvalue weighted by Crippen LogP contribution is 2.64. The number of nitrogens with zero attached hydrogens (tertiary/aromatic N) is 3. The van der Waals surface area contributed by atoms with Crippen LogP contribution >= 0.6 is 11.3 Å². The molecule has 0 atom stereocenters. The fraction of sp³-hybridized carbons (Fsp3) is 0.0172. The molecule has 0 radical (unpaired) electrons. The van der Waals surface area contributed by atoms with Gasteiger partial charge in [0.25, 0.3) is 0 Å². The summed E-state index contributed by atoms with van der Waals surface area (Å²) in [5, 5.41) is 2.52. The van der Waals surface area contributed by atoms with Crippen LogP contribution in [0, 0.1) is 0 Å². The molecule has 288 valence electrons. The summed E-state index contributed by atoms with van der Waals surface area (Å²) in [4.78, 5) is 15.6. The summed E-state index contributed by atoms with van der Waals surface area (Å²) in [5.41, 5.74) is 17.5. The molecule has 2 aliphatic rings. The average molecular weight is 806 g/mol. The third-order valence-electron chi connectivity index (χ3n) is 13.0. The Bertz CT molecular complexity index is 3540. The van der Waals surface area contributed by atoms with Crippen molar-refractivity contribution >= 4 is 31.5 Å². The quantitative estimate of drug-likeness (QED) is 0.174. The van der Waals surface area contributed by atoms with Crippen LogP contribution in [0.1, 0.15) is 22.3 Å². The van der Waals surface area contributed by atoms with Gasteiger partial charge in [-0.15, -0.1) is 11.3 Å². The van der Waals surface area contributed by atoms with Gasteiger partial charge < -0.3 is 0 Å². The lowest BCUT2D eigenvalue weighted by atomic mass is 9.68. The lowest BCUT2D eigenvalue weighted by Crippen LogP contribution is -2.26. The fourth-order valence-electron chi connectivity index (χ4n) is 10.4. The van der Waals surface area contributed by atoms with E-state index < -0.39 is 5.41 Å². The number of hydrogen-bond donors (Lipinski definition) is 0. The first-order valence-corrected chi connectivity index (χ1v) is 21.9. The molecule has 0 N–H and O–H groups in total. The van der Waals surface area contributed by atoms with Gasteiger partial charge in [-0.3, -0.25) is 0 Å². The van der Waals surface area contributed by atoms with Crippen LogP contribution in [0.3, 0.4) is 0 Å². The van der Waals surface area contributed by atoms with E-state index in [0.717, 1.165) is 27.8 Å². The first-order chi connectivity index (χ1) is 30.7. The maximum Gasteiger partial charge on any atom is 0.164 e. The van der Waals surface area contributed by atoms with Crippen LogP contribution in [0.2, 0.25) is 0 Å². The lowest BCUT2D eigenvalue weighted by molar-refractivity contribution is 0.796. The minimum atomic E-state index is -0.447. The second-order valence-corrected chi connectivity index (χ2v) is 17.3. The molecule has 9 aromatic carbocycles. The molecule has 2 aliphatic carbocycles. The van der Waals surface area contributed by atoms with Crippen LogP contribution in [-0.2, 0) is 5.41 Å². The zero-order valence-corrected chi connectivity index (χ0v) is 34.3. The van der Waals surface area contributed by atoms with Gasteiger partial charge in [0.1, 0.15) is 0 Å². The van der Waals surface area contributed by atoms with Crippen LogP contribution in [0.15, 0.2) is 212 Å². The normalized spacial score (nSPS) is 13.0. The Morgan fingerprint density at radius 1 is 0.290 bits per heavy atom. The SMILES string of the molecule is c1ccc(-c2nc(-c3ccc4c(c3)sc3ccccc34)nc(-c3ccccc3-c3cccc(-c4cccc5c4C4(c6ccccc6-c6ccccc64)c4ccccc4-5)c3)n2)cc1. The van der Waals surface area contributed by atoms with E-state index in [-0.39, 0.29) is 0 Å². The Morgan fingerprint density at radius 2 is 0.774 bits per heavy atom. The van der Waals surface area contributed by atoms with E-state index in [2.05, 4.69) is 194 Å². The largest absolute Gasteiger partial charge is 0.208 e. The number of hydrogen-bond acceptors (Lipinski definition) is 4. The minimum Gasteiger partial charge on any atom is -0.208 e. The Kier molecular flexibility index (Phi) is 7.69. The Balaban J connectivity index is 0.987. The van der Waals surface area contributed by atoms with Gasteiger partial charge in [0.2, 0.25) is 0 Å². The first kappa shape index (κ1) is 35.0. The second kappa shape index (κ2) is 13.6. The van der Waals surface area contributed by atoms with Gasteiger partial charge in [-0.2, -0.15) is 0 Å². The summed E-state index contributed by atoms with van der Waals surface area (Å²) in [6, 6.07) is 76.9. The van der Waals surface area contributed by atoms with Gasteiger partial charge in [-0.1, -0.05) is 194 Å². The number of thiophene rings is 1. The maximum atomic E-state index is 5.27. The standard InChI is InChI=1S/C58H35N3S/c1-2-16-36(17-3-1)55-59-56(39-32-33-46-45-24-9-13-31-52(45)62-53(46)35-39)61-57(60-55)48-25-5-4-20-40(48)37-18-14-19-38(34-37)41-26-15-27-47-44-23-8-12-30-51(44)58(54(41)47)49-28-10-6-21-42(49)43-22-7-11-29-50(43)58/h1-35H. The van der Waals surface area contributed by atoms with Crippen molar-refractivity contribution in [3.05, 3.63) is 235 Å². The third kappa shape index (κ3) is 5.08. The molecule has 1 spiro atoms. The van der Waals surface area contributed by atoms with Crippen molar-refractivity contribution < 1.29 is 0 Å². The molecular formula is C58H35N3S. The monoisotopic (exact) mass is 805 g/mol. The maximum absolute atomic E-state index is 5.27. The van der Waals surface area contributed by atoms with Gasteiger partial charge in [0, 0.05) is 36.9 Å². The van der Waals surface area contributed by atoms with E-state index in [1.54, 1.807) is 11.3 Å². The zero-order chi connectivity index (χ0) is 40.8. The van der Waals surface area contributed by atoms with Crippen molar-refractivity contribution in [2.24, 2.45) is 0 Å². The lowest BCUT2D eigenvalue weighted by Gasteiger charge is -2.32. The van der Waals surface area contributed by atoms with Crippen LogP contribution in [0.4, 0.5) is 0 Å². The van der Waals surface area contributed by atoms with Crippen molar-refractivity contribution in [1.29, 1.82) is 0 Å². The summed E-state index contributed by atoms with van der Waals surface area (Å²) >= 11 is 1.80. The van der Waals surface area contributed by atoms with Crippen LogP contribution in [0.5, 0.6) is 0 Å². The molecule has 2 aromatic heterocycles. The van der Waals surface area contributed by atoms with Crippen molar-refractivity contribution in [3.63, 3.8) is 0 Å². The van der Waals surface area contributed by atoms with Crippen LogP contribution in [0.25, 0.3) is 98.8 Å². The smallest absolute Gasteiger partial charge is 0.164 e. The molecule has 0 aliphatic heterocycles. The number of rotatable bonds is 5. The van der Waals surface area contributed by atoms with Gasteiger partial charge in [-0.25, -0.2) is 15.0 Å². The van der Waals surface area contributed by atoms with Crippen molar-refractivity contribution in [3.8, 4) is 78.7 Å². The molecule has 4 heteroatoms. The molecule has 11 aromatic rings. The molecule has 0 amide bonds. The number of benzene rings is 9. The van der Waals surface area contributed by atoms with Gasteiger partial charge in [0.15, 0.2) is 17.5 Å². The van der Waals surface area contributed by atoms with Crippen molar-refractivity contribution in [2.75, 3.05) is 0 Å². The summed E-state index contributed by atoms with van der Waals surface area (Å²) in [6.45, 7) is 0.